The Hall–Kier alpha value is -4.02. The Morgan fingerprint density at radius 3 is 2.61 bits per heavy atom. The number of nitro groups is 1. The molecule has 3 aromatic rings. The van der Waals surface area contributed by atoms with Crippen LogP contribution in [0.5, 0.6) is 11.5 Å². The number of ether oxygens (including phenoxy) is 2. The highest BCUT2D eigenvalue weighted by Crippen LogP contribution is 2.29. The third-order valence-electron chi connectivity index (χ3n) is 4.29. The number of amides is 1. The molecule has 1 heterocycles. The molecule has 162 valence electrons. The number of anilines is 1. The van der Waals surface area contributed by atoms with Gasteiger partial charge in [0, 0.05) is 5.56 Å². The molecule has 0 saturated carbocycles. The van der Waals surface area contributed by atoms with Crippen molar-refractivity contribution >= 4 is 17.3 Å². The molecule has 0 aliphatic rings. The number of aromatic nitrogens is 4. The Labute approximate surface area is 178 Å². The standard InChI is InChI=1S/C20H22N6O5/c1-3-4-11-31-15-7-5-14(6-8-15)20-22-24-25(23-20)13-19(27)21-17-10-9-16(30-2)12-18(17)26(28)29/h5-10,12H,3-4,11,13H2,1-2H3,(H,21,27). The average molecular weight is 426 g/mol. The predicted molar refractivity (Wildman–Crippen MR) is 112 cm³/mol. The van der Waals surface area contributed by atoms with Gasteiger partial charge in [-0.2, -0.15) is 4.80 Å². The van der Waals surface area contributed by atoms with Gasteiger partial charge in [-0.1, -0.05) is 13.3 Å². The summed E-state index contributed by atoms with van der Waals surface area (Å²) in [7, 11) is 1.40. The number of hydrogen-bond donors (Lipinski definition) is 1. The van der Waals surface area contributed by atoms with Crippen molar-refractivity contribution in [3.8, 4) is 22.9 Å². The van der Waals surface area contributed by atoms with Crippen LogP contribution in [0.25, 0.3) is 11.4 Å². The molecule has 0 spiro atoms. The maximum absolute atomic E-state index is 12.3. The van der Waals surface area contributed by atoms with Crippen LogP contribution in [-0.4, -0.2) is 44.8 Å². The molecule has 0 aliphatic carbocycles. The first-order valence-corrected chi connectivity index (χ1v) is 9.63. The highest BCUT2D eigenvalue weighted by Gasteiger charge is 2.18. The van der Waals surface area contributed by atoms with Gasteiger partial charge in [0.25, 0.3) is 5.69 Å². The number of hydrogen-bond acceptors (Lipinski definition) is 8. The minimum Gasteiger partial charge on any atom is -0.496 e. The minimum atomic E-state index is -0.598. The molecular formula is C20H22N6O5. The minimum absolute atomic E-state index is 0.0507. The van der Waals surface area contributed by atoms with Crippen molar-refractivity contribution in [3.63, 3.8) is 0 Å². The number of carbonyl (C=O) groups is 1. The first kappa shape index (κ1) is 21.7. The molecule has 0 fully saturated rings. The monoisotopic (exact) mass is 426 g/mol. The van der Waals surface area contributed by atoms with E-state index in [0.717, 1.165) is 29.0 Å². The van der Waals surface area contributed by atoms with E-state index >= 15 is 0 Å². The van der Waals surface area contributed by atoms with E-state index in [1.165, 1.54) is 25.3 Å². The van der Waals surface area contributed by atoms with Gasteiger partial charge in [-0.3, -0.25) is 14.9 Å². The third-order valence-corrected chi connectivity index (χ3v) is 4.29. The maximum Gasteiger partial charge on any atom is 0.296 e. The van der Waals surface area contributed by atoms with E-state index in [-0.39, 0.29) is 17.9 Å². The van der Waals surface area contributed by atoms with Crippen LogP contribution in [0.3, 0.4) is 0 Å². The van der Waals surface area contributed by atoms with Crippen LogP contribution in [0.1, 0.15) is 19.8 Å². The molecule has 11 heteroatoms. The van der Waals surface area contributed by atoms with Crippen molar-refractivity contribution < 1.29 is 19.2 Å². The molecule has 2 aromatic carbocycles. The summed E-state index contributed by atoms with van der Waals surface area (Å²) in [4.78, 5) is 24.1. The molecular weight excluding hydrogens is 404 g/mol. The van der Waals surface area contributed by atoms with Gasteiger partial charge < -0.3 is 14.8 Å². The van der Waals surface area contributed by atoms with Gasteiger partial charge in [0.1, 0.15) is 23.7 Å². The van der Waals surface area contributed by atoms with Crippen LogP contribution in [-0.2, 0) is 11.3 Å². The molecule has 1 N–H and O–H groups in total. The van der Waals surface area contributed by atoms with Crippen molar-refractivity contribution in [2.24, 2.45) is 0 Å². The second-order valence-electron chi connectivity index (χ2n) is 6.56. The summed E-state index contributed by atoms with van der Waals surface area (Å²) >= 11 is 0. The predicted octanol–water partition coefficient (Wildman–Crippen LogP) is 3.07. The zero-order valence-electron chi connectivity index (χ0n) is 17.1. The number of unbranched alkanes of at least 4 members (excludes halogenated alkanes) is 1. The zero-order chi connectivity index (χ0) is 22.2. The fourth-order valence-electron chi connectivity index (χ4n) is 2.67. The van der Waals surface area contributed by atoms with E-state index in [1.54, 1.807) is 0 Å². The smallest absolute Gasteiger partial charge is 0.296 e. The van der Waals surface area contributed by atoms with Crippen molar-refractivity contribution in [1.82, 2.24) is 20.2 Å². The number of nitrogens with one attached hydrogen (secondary N) is 1. The van der Waals surface area contributed by atoms with Crippen LogP contribution in [0.4, 0.5) is 11.4 Å². The van der Waals surface area contributed by atoms with Gasteiger partial charge in [0.05, 0.1) is 24.7 Å². The van der Waals surface area contributed by atoms with E-state index in [4.69, 9.17) is 9.47 Å². The summed E-state index contributed by atoms with van der Waals surface area (Å²) in [6.07, 6.45) is 2.05. The molecule has 0 aliphatic heterocycles. The van der Waals surface area contributed by atoms with Gasteiger partial charge in [-0.05, 0) is 48.0 Å². The van der Waals surface area contributed by atoms with Crippen LogP contribution in [0, 0.1) is 10.1 Å². The molecule has 31 heavy (non-hydrogen) atoms. The molecule has 1 amide bonds. The Kier molecular flexibility index (Phi) is 7.09. The molecule has 0 atom stereocenters. The van der Waals surface area contributed by atoms with Gasteiger partial charge in [0.2, 0.25) is 11.7 Å². The molecule has 0 bridgehead atoms. The summed E-state index contributed by atoms with van der Waals surface area (Å²) in [5.41, 5.74) is 0.497. The number of nitrogens with zero attached hydrogens (tertiary/aromatic N) is 5. The van der Waals surface area contributed by atoms with Crippen molar-refractivity contribution in [3.05, 3.63) is 52.6 Å². The Morgan fingerprint density at radius 2 is 1.94 bits per heavy atom. The van der Waals surface area contributed by atoms with Crippen LogP contribution in [0.15, 0.2) is 42.5 Å². The topological polar surface area (TPSA) is 134 Å². The summed E-state index contributed by atoms with van der Waals surface area (Å²) in [6.45, 7) is 2.50. The Bertz CT molecular complexity index is 1050. The highest BCUT2D eigenvalue weighted by molar-refractivity contribution is 5.93. The lowest BCUT2D eigenvalue weighted by Gasteiger charge is -2.07. The summed E-state index contributed by atoms with van der Waals surface area (Å²) < 4.78 is 10.6. The molecule has 3 rings (SSSR count). The molecule has 0 saturated heterocycles. The largest absolute Gasteiger partial charge is 0.496 e. The fraction of sp³-hybridized carbons (Fsp3) is 0.300. The van der Waals surface area contributed by atoms with E-state index in [9.17, 15) is 14.9 Å². The quantitative estimate of drug-likeness (QED) is 0.297. The lowest BCUT2D eigenvalue weighted by atomic mass is 10.2. The van der Waals surface area contributed by atoms with Crippen molar-refractivity contribution in [2.45, 2.75) is 26.3 Å². The third kappa shape index (κ3) is 5.75. The van der Waals surface area contributed by atoms with Crippen LogP contribution >= 0.6 is 0 Å². The van der Waals surface area contributed by atoms with E-state index in [0.29, 0.717) is 18.2 Å². The summed E-state index contributed by atoms with van der Waals surface area (Å²) in [5, 5.41) is 25.7. The van der Waals surface area contributed by atoms with Crippen molar-refractivity contribution in [2.75, 3.05) is 19.0 Å². The first-order valence-electron chi connectivity index (χ1n) is 9.63. The lowest BCUT2D eigenvalue weighted by Crippen LogP contribution is -2.21. The number of tetrazole rings is 1. The maximum atomic E-state index is 12.3. The zero-order valence-corrected chi connectivity index (χ0v) is 17.1. The fourth-order valence-corrected chi connectivity index (χ4v) is 2.67. The van der Waals surface area contributed by atoms with Gasteiger partial charge in [-0.25, -0.2) is 0 Å². The van der Waals surface area contributed by atoms with Crippen molar-refractivity contribution in [1.29, 1.82) is 0 Å². The Balaban J connectivity index is 1.63. The lowest BCUT2D eigenvalue weighted by molar-refractivity contribution is -0.384. The summed E-state index contributed by atoms with van der Waals surface area (Å²) in [6, 6.07) is 11.4. The molecule has 0 radical (unpaired) electrons. The molecule has 1 aromatic heterocycles. The molecule has 11 nitrogen and oxygen atoms in total. The van der Waals surface area contributed by atoms with E-state index in [2.05, 4.69) is 27.7 Å². The second kappa shape index (κ2) is 10.1. The normalized spacial score (nSPS) is 10.5. The van der Waals surface area contributed by atoms with Gasteiger partial charge in [0.15, 0.2) is 0 Å². The first-order chi connectivity index (χ1) is 15.0. The number of carbonyl (C=O) groups excluding carboxylic acids is 1. The summed E-state index contributed by atoms with van der Waals surface area (Å²) in [5.74, 6) is 0.888. The van der Waals surface area contributed by atoms with E-state index in [1.807, 2.05) is 24.3 Å². The molecule has 0 unspecified atom stereocenters. The SMILES string of the molecule is CCCCOc1ccc(-c2nnn(CC(=O)Nc3ccc(OC)cc3[N+](=O)[O-])n2)cc1. The van der Waals surface area contributed by atoms with Gasteiger partial charge in [-0.15, -0.1) is 10.2 Å². The number of methoxy groups -OCH3 is 1. The van der Waals surface area contributed by atoms with E-state index < -0.39 is 10.8 Å². The number of benzene rings is 2. The number of nitro benzene ring substituents is 1. The average Bonchev–Trinajstić information content (AvgIpc) is 3.22. The van der Waals surface area contributed by atoms with Crippen LogP contribution < -0.4 is 14.8 Å². The second-order valence-corrected chi connectivity index (χ2v) is 6.56. The Morgan fingerprint density at radius 1 is 1.19 bits per heavy atom. The highest BCUT2D eigenvalue weighted by atomic mass is 16.6. The van der Waals surface area contributed by atoms with Gasteiger partial charge >= 0.3 is 0 Å². The van der Waals surface area contributed by atoms with Crippen LogP contribution in [0.2, 0.25) is 0 Å². The number of rotatable bonds is 10.